The Kier molecular flexibility index (Phi) is 6.02. The SMILES string of the molecule is CC(C)n1ncc2c(C(=O)Nc3cc(Cl)ccc3N3CCN(C)CC3)cc(-c3ccco3)nc21. The Balaban J connectivity index is 1.55. The molecule has 0 bridgehead atoms. The van der Waals surface area contributed by atoms with E-state index in [9.17, 15) is 4.79 Å². The van der Waals surface area contributed by atoms with Gasteiger partial charge in [0, 0.05) is 37.2 Å². The summed E-state index contributed by atoms with van der Waals surface area (Å²) in [6, 6.07) is 11.1. The standard InChI is InChI=1S/C25H27ClN6O2/c1-16(2)32-24-19(15-27-32)18(14-21(28-24)23-5-4-12-34-23)25(33)29-20-13-17(26)6-7-22(20)31-10-8-30(3)9-11-31/h4-7,12-16H,8-11H2,1-3H3,(H,29,33). The number of halogens is 1. The van der Waals surface area contributed by atoms with Crippen LogP contribution in [0, 0.1) is 0 Å². The molecule has 1 amide bonds. The van der Waals surface area contributed by atoms with E-state index in [1.807, 2.05) is 36.7 Å². The smallest absolute Gasteiger partial charge is 0.256 e. The van der Waals surface area contributed by atoms with E-state index in [1.54, 1.807) is 30.7 Å². The molecule has 1 aliphatic rings. The Labute approximate surface area is 203 Å². The van der Waals surface area contributed by atoms with Crippen LogP contribution in [-0.4, -0.2) is 58.8 Å². The lowest BCUT2D eigenvalue weighted by atomic mass is 10.1. The van der Waals surface area contributed by atoms with Crippen molar-refractivity contribution in [1.29, 1.82) is 0 Å². The average Bonchev–Trinajstić information content (AvgIpc) is 3.49. The van der Waals surface area contributed by atoms with E-state index in [1.165, 1.54) is 0 Å². The lowest BCUT2D eigenvalue weighted by molar-refractivity contribution is 0.102. The monoisotopic (exact) mass is 478 g/mol. The molecular formula is C25H27ClN6O2. The summed E-state index contributed by atoms with van der Waals surface area (Å²) in [4.78, 5) is 23.0. The zero-order chi connectivity index (χ0) is 23.8. The summed E-state index contributed by atoms with van der Waals surface area (Å²) in [5, 5.41) is 8.85. The van der Waals surface area contributed by atoms with Crippen molar-refractivity contribution in [2.24, 2.45) is 0 Å². The van der Waals surface area contributed by atoms with Gasteiger partial charge < -0.3 is 19.5 Å². The first-order valence-corrected chi connectivity index (χ1v) is 11.7. The van der Waals surface area contributed by atoms with Crippen molar-refractivity contribution in [2.45, 2.75) is 19.9 Å². The number of carbonyl (C=O) groups is 1. The molecule has 1 N–H and O–H groups in total. The first kappa shape index (κ1) is 22.4. The van der Waals surface area contributed by atoms with Crippen molar-refractivity contribution in [1.82, 2.24) is 19.7 Å². The molecule has 0 spiro atoms. The van der Waals surface area contributed by atoms with E-state index in [0.717, 1.165) is 31.9 Å². The molecule has 0 atom stereocenters. The number of carbonyl (C=O) groups excluding carboxylic acids is 1. The third-order valence-electron chi connectivity index (χ3n) is 6.12. The fourth-order valence-electron chi connectivity index (χ4n) is 4.26. The van der Waals surface area contributed by atoms with Crippen LogP contribution >= 0.6 is 11.6 Å². The molecule has 9 heteroatoms. The molecule has 1 fully saturated rings. The Morgan fingerprint density at radius 1 is 1.15 bits per heavy atom. The van der Waals surface area contributed by atoms with Gasteiger partial charge in [-0.1, -0.05) is 11.6 Å². The minimum Gasteiger partial charge on any atom is -0.463 e. The number of hydrogen-bond donors (Lipinski definition) is 1. The predicted molar refractivity (Wildman–Crippen MR) is 135 cm³/mol. The lowest BCUT2D eigenvalue weighted by Crippen LogP contribution is -2.44. The Morgan fingerprint density at radius 3 is 2.65 bits per heavy atom. The summed E-state index contributed by atoms with van der Waals surface area (Å²) < 4.78 is 7.38. The van der Waals surface area contributed by atoms with E-state index in [2.05, 4.69) is 27.3 Å². The molecule has 1 saturated heterocycles. The van der Waals surface area contributed by atoms with Crippen LogP contribution in [0.1, 0.15) is 30.2 Å². The lowest BCUT2D eigenvalue weighted by Gasteiger charge is -2.35. The summed E-state index contributed by atoms with van der Waals surface area (Å²) in [6.07, 6.45) is 3.29. The summed E-state index contributed by atoms with van der Waals surface area (Å²) in [5.74, 6) is 0.342. The molecule has 0 saturated carbocycles. The number of pyridine rings is 1. The van der Waals surface area contributed by atoms with Crippen molar-refractivity contribution in [2.75, 3.05) is 43.4 Å². The predicted octanol–water partition coefficient (Wildman–Crippen LogP) is 4.93. The number of benzene rings is 1. The second kappa shape index (κ2) is 9.12. The van der Waals surface area contributed by atoms with E-state index in [0.29, 0.717) is 38.8 Å². The van der Waals surface area contributed by atoms with Crippen molar-refractivity contribution < 1.29 is 9.21 Å². The van der Waals surface area contributed by atoms with Crippen LogP contribution in [0.5, 0.6) is 0 Å². The topological polar surface area (TPSA) is 79.4 Å². The normalized spacial score (nSPS) is 14.8. The Morgan fingerprint density at radius 2 is 1.94 bits per heavy atom. The zero-order valence-corrected chi connectivity index (χ0v) is 20.2. The molecule has 3 aromatic heterocycles. The summed E-state index contributed by atoms with van der Waals surface area (Å²) in [6.45, 7) is 7.74. The minimum absolute atomic E-state index is 0.0875. The highest BCUT2D eigenvalue weighted by molar-refractivity contribution is 6.31. The third kappa shape index (κ3) is 4.26. The number of rotatable bonds is 5. The molecule has 4 aromatic rings. The van der Waals surface area contributed by atoms with Crippen LogP contribution in [0.2, 0.25) is 5.02 Å². The van der Waals surface area contributed by atoms with Crippen molar-refractivity contribution >= 4 is 39.9 Å². The number of amides is 1. The van der Waals surface area contributed by atoms with Crippen LogP contribution < -0.4 is 10.2 Å². The molecular weight excluding hydrogens is 452 g/mol. The van der Waals surface area contributed by atoms with Gasteiger partial charge in [-0.3, -0.25) is 4.79 Å². The molecule has 0 radical (unpaired) electrons. The van der Waals surface area contributed by atoms with Gasteiger partial charge in [0.25, 0.3) is 5.91 Å². The number of hydrogen-bond acceptors (Lipinski definition) is 6. The number of furan rings is 1. The van der Waals surface area contributed by atoms with Gasteiger partial charge in [0.1, 0.15) is 5.69 Å². The number of fused-ring (bicyclic) bond motifs is 1. The van der Waals surface area contributed by atoms with E-state index < -0.39 is 0 Å². The molecule has 8 nitrogen and oxygen atoms in total. The first-order chi connectivity index (χ1) is 16.4. The first-order valence-electron chi connectivity index (χ1n) is 11.4. The largest absolute Gasteiger partial charge is 0.463 e. The second-order valence-corrected chi connectivity index (χ2v) is 9.29. The molecule has 176 valence electrons. The molecule has 0 aliphatic carbocycles. The van der Waals surface area contributed by atoms with Gasteiger partial charge in [-0.25, -0.2) is 9.67 Å². The van der Waals surface area contributed by atoms with Gasteiger partial charge in [0.15, 0.2) is 11.4 Å². The molecule has 34 heavy (non-hydrogen) atoms. The number of aromatic nitrogens is 3. The zero-order valence-electron chi connectivity index (χ0n) is 19.5. The van der Waals surface area contributed by atoms with Crippen LogP contribution in [-0.2, 0) is 0 Å². The maximum atomic E-state index is 13.7. The van der Waals surface area contributed by atoms with Crippen molar-refractivity contribution in [3.05, 3.63) is 59.4 Å². The number of anilines is 2. The van der Waals surface area contributed by atoms with E-state index >= 15 is 0 Å². The molecule has 5 rings (SSSR count). The Bertz CT molecular complexity index is 1320. The van der Waals surface area contributed by atoms with Crippen molar-refractivity contribution in [3.8, 4) is 11.5 Å². The van der Waals surface area contributed by atoms with Gasteiger partial charge in [-0.05, 0) is 57.3 Å². The van der Waals surface area contributed by atoms with Crippen LogP contribution in [0.15, 0.2) is 53.3 Å². The second-order valence-electron chi connectivity index (χ2n) is 8.86. The third-order valence-corrected chi connectivity index (χ3v) is 6.36. The van der Waals surface area contributed by atoms with Gasteiger partial charge >= 0.3 is 0 Å². The maximum Gasteiger partial charge on any atom is 0.256 e. The van der Waals surface area contributed by atoms with Gasteiger partial charge in [-0.2, -0.15) is 5.10 Å². The number of piperazine rings is 1. The molecule has 0 unspecified atom stereocenters. The fourth-order valence-corrected chi connectivity index (χ4v) is 4.43. The summed E-state index contributed by atoms with van der Waals surface area (Å²) >= 11 is 6.32. The highest BCUT2D eigenvalue weighted by atomic mass is 35.5. The number of nitrogens with one attached hydrogen (secondary N) is 1. The number of likely N-dealkylation sites (N-methyl/N-ethyl adjacent to an activating group) is 1. The number of nitrogens with zero attached hydrogens (tertiary/aromatic N) is 5. The van der Waals surface area contributed by atoms with Gasteiger partial charge in [-0.15, -0.1) is 0 Å². The highest BCUT2D eigenvalue weighted by Crippen LogP contribution is 2.32. The maximum absolute atomic E-state index is 13.7. The molecule has 1 aromatic carbocycles. The highest BCUT2D eigenvalue weighted by Gasteiger charge is 2.22. The van der Waals surface area contributed by atoms with Crippen LogP contribution in [0.25, 0.3) is 22.5 Å². The van der Waals surface area contributed by atoms with Crippen molar-refractivity contribution in [3.63, 3.8) is 0 Å². The van der Waals surface area contributed by atoms with Crippen LogP contribution in [0.4, 0.5) is 11.4 Å². The minimum atomic E-state index is -0.249. The van der Waals surface area contributed by atoms with Gasteiger partial charge in [0.05, 0.1) is 34.8 Å². The van der Waals surface area contributed by atoms with E-state index in [4.69, 9.17) is 21.0 Å². The van der Waals surface area contributed by atoms with Crippen LogP contribution in [0.3, 0.4) is 0 Å². The summed E-state index contributed by atoms with van der Waals surface area (Å²) in [7, 11) is 2.12. The fraction of sp³-hybridized carbons (Fsp3) is 0.320. The van der Waals surface area contributed by atoms with Gasteiger partial charge in [0.2, 0.25) is 0 Å². The quantitative estimate of drug-likeness (QED) is 0.438. The molecule has 4 heterocycles. The molecule has 1 aliphatic heterocycles. The Hall–Kier alpha value is -3.36. The van der Waals surface area contributed by atoms with E-state index in [-0.39, 0.29) is 11.9 Å². The summed E-state index contributed by atoms with van der Waals surface area (Å²) in [5.41, 5.74) is 3.34. The average molecular weight is 479 g/mol.